The van der Waals surface area contributed by atoms with Crippen molar-refractivity contribution in [1.29, 1.82) is 0 Å². The minimum Gasteiger partial charge on any atom is -0.506 e. The molecule has 0 saturated carbocycles. The van der Waals surface area contributed by atoms with Gasteiger partial charge in [-0.15, -0.1) is 0 Å². The van der Waals surface area contributed by atoms with E-state index in [0.29, 0.717) is 23.3 Å². The molecular weight excluding hydrogens is 328 g/mol. The molecule has 0 aliphatic heterocycles. The SMILES string of the molecule is O=c1[nH]cnc2c(O)cc(-c3ccccc3OCc3ccccc3)cc12. The molecule has 0 unspecified atom stereocenters. The molecule has 128 valence electrons. The first kappa shape index (κ1) is 15.9. The molecule has 1 heterocycles. The number of phenolic OH excluding ortho intramolecular Hbond substituents is 1. The number of fused-ring (bicyclic) bond motifs is 1. The van der Waals surface area contributed by atoms with Gasteiger partial charge in [0.25, 0.3) is 5.56 Å². The summed E-state index contributed by atoms with van der Waals surface area (Å²) in [5, 5.41) is 10.6. The van der Waals surface area contributed by atoms with Crippen LogP contribution in [0.2, 0.25) is 0 Å². The Morgan fingerprint density at radius 2 is 1.77 bits per heavy atom. The zero-order valence-electron chi connectivity index (χ0n) is 13.8. The van der Waals surface area contributed by atoms with Crippen LogP contribution < -0.4 is 10.3 Å². The number of H-pyrrole nitrogens is 1. The largest absolute Gasteiger partial charge is 0.506 e. The lowest BCUT2D eigenvalue weighted by Gasteiger charge is -2.12. The van der Waals surface area contributed by atoms with Crippen molar-refractivity contribution in [2.45, 2.75) is 6.61 Å². The molecule has 0 saturated heterocycles. The Morgan fingerprint density at radius 1 is 1.00 bits per heavy atom. The van der Waals surface area contributed by atoms with Crippen molar-refractivity contribution in [3.63, 3.8) is 0 Å². The number of aromatic hydroxyl groups is 1. The second kappa shape index (κ2) is 6.72. The average molecular weight is 344 g/mol. The summed E-state index contributed by atoms with van der Waals surface area (Å²) in [4.78, 5) is 18.6. The monoisotopic (exact) mass is 344 g/mol. The van der Waals surface area contributed by atoms with Gasteiger partial charge < -0.3 is 14.8 Å². The van der Waals surface area contributed by atoms with Crippen molar-refractivity contribution < 1.29 is 9.84 Å². The van der Waals surface area contributed by atoms with E-state index in [9.17, 15) is 9.90 Å². The molecule has 4 rings (SSSR count). The van der Waals surface area contributed by atoms with Crippen LogP contribution in [0, 0.1) is 0 Å². The number of para-hydroxylation sites is 1. The minimum atomic E-state index is -0.296. The topological polar surface area (TPSA) is 75.2 Å². The van der Waals surface area contributed by atoms with Crippen molar-refractivity contribution in [3.05, 3.63) is 89.0 Å². The summed E-state index contributed by atoms with van der Waals surface area (Å²) in [5.41, 5.74) is 2.53. The number of aromatic nitrogens is 2. The van der Waals surface area contributed by atoms with Crippen molar-refractivity contribution in [3.8, 4) is 22.6 Å². The third-order valence-corrected chi connectivity index (χ3v) is 4.16. The predicted octanol–water partition coefficient (Wildman–Crippen LogP) is 3.87. The second-order valence-corrected chi connectivity index (χ2v) is 5.89. The number of hydrogen-bond donors (Lipinski definition) is 2. The summed E-state index contributed by atoms with van der Waals surface area (Å²) in [6.07, 6.45) is 1.28. The van der Waals surface area contributed by atoms with Gasteiger partial charge >= 0.3 is 0 Å². The van der Waals surface area contributed by atoms with Gasteiger partial charge in [0.15, 0.2) is 0 Å². The van der Waals surface area contributed by atoms with Crippen molar-refractivity contribution >= 4 is 10.9 Å². The molecule has 0 aliphatic carbocycles. The summed E-state index contributed by atoms with van der Waals surface area (Å²) in [7, 11) is 0. The van der Waals surface area contributed by atoms with E-state index >= 15 is 0 Å². The standard InChI is InChI=1S/C21H16N2O3/c24-18-11-15(10-17-20(18)22-13-23-21(17)25)16-8-4-5-9-19(16)26-12-14-6-2-1-3-7-14/h1-11,13,24H,12H2,(H,22,23,25). The number of nitrogens with one attached hydrogen (secondary N) is 1. The number of ether oxygens (including phenoxy) is 1. The highest BCUT2D eigenvalue weighted by Crippen LogP contribution is 2.34. The van der Waals surface area contributed by atoms with Crippen LogP contribution in [-0.2, 0) is 6.61 Å². The molecule has 26 heavy (non-hydrogen) atoms. The van der Waals surface area contributed by atoms with E-state index in [-0.39, 0.29) is 16.8 Å². The molecule has 2 N–H and O–H groups in total. The van der Waals surface area contributed by atoms with E-state index in [0.717, 1.165) is 11.1 Å². The quantitative estimate of drug-likeness (QED) is 0.589. The number of phenols is 1. The van der Waals surface area contributed by atoms with Crippen LogP contribution in [0.4, 0.5) is 0 Å². The van der Waals surface area contributed by atoms with E-state index < -0.39 is 0 Å². The van der Waals surface area contributed by atoms with Crippen LogP contribution in [0.3, 0.4) is 0 Å². The molecule has 3 aromatic carbocycles. The number of hydrogen-bond acceptors (Lipinski definition) is 4. The first-order valence-corrected chi connectivity index (χ1v) is 8.19. The van der Waals surface area contributed by atoms with Crippen LogP contribution in [0.25, 0.3) is 22.0 Å². The van der Waals surface area contributed by atoms with Gasteiger partial charge in [-0.3, -0.25) is 4.79 Å². The molecule has 5 heteroatoms. The van der Waals surface area contributed by atoms with Gasteiger partial charge in [-0.1, -0.05) is 48.5 Å². The molecule has 0 bridgehead atoms. The molecule has 0 radical (unpaired) electrons. The maximum absolute atomic E-state index is 12.1. The summed E-state index contributed by atoms with van der Waals surface area (Å²) >= 11 is 0. The van der Waals surface area contributed by atoms with E-state index in [1.807, 2.05) is 54.6 Å². The molecular formula is C21H16N2O3. The predicted molar refractivity (Wildman–Crippen MR) is 100 cm³/mol. The fourth-order valence-corrected chi connectivity index (χ4v) is 2.88. The lowest BCUT2D eigenvalue weighted by molar-refractivity contribution is 0.307. The number of aromatic amines is 1. The zero-order chi connectivity index (χ0) is 17.9. The van der Waals surface area contributed by atoms with Gasteiger partial charge in [0.05, 0.1) is 11.7 Å². The molecule has 0 amide bonds. The Balaban J connectivity index is 1.76. The van der Waals surface area contributed by atoms with Crippen LogP contribution in [0.5, 0.6) is 11.5 Å². The van der Waals surface area contributed by atoms with Gasteiger partial charge in [0.2, 0.25) is 0 Å². The minimum absolute atomic E-state index is 0.0403. The smallest absolute Gasteiger partial charge is 0.258 e. The Morgan fingerprint density at radius 3 is 2.62 bits per heavy atom. The third-order valence-electron chi connectivity index (χ3n) is 4.16. The van der Waals surface area contributed by atoms with Gasteiger partial charge in [-0.05, 0) is 29.3 Å². The van der Waals surface area contributed by atoms with Crippen molar-refractivity contribution in [2.75, 3.05) is 0 Å². The highest BCUT2D eigenvalue weighted by molar-refractivity contribution is 5.89. The van der Waals surface area contributed by atoms with Gasteiger partial charge in [-0.2, -0.15) is 0 Å². The highest BCUT2D eigenvalue weighted by atomic mass is 16.5. The number of rotatable bonds is 4. The highest BCUT2D eigenvalue weighted by Gasteiger charge is 2.12. The maximum atomic E-state index is 12.1. The first-order valence-electron chi connectivity index (χ1n) is 8.19. The molecule has 1 aromatic heterocycles. The lowest BCUT2D eigenvalue weighted by Crippen LogP contribution is -2.06. The summed E-state index contributed by atoms with van der Waals surface area (Å²) < 4.78 is 5.98. The molecule has 0 spiro atoms. The Kier molecular flexibility index (Phi) is 4.11. The Bertz CT molecular complexity index is 1120. The van der Waals surface area contributed by atoms with Crippen molar-refractivity contribution in [2.24, 2.45) is 0 Å². The van der Waals surface area contributed by atoms with E-state index in [1.165, 1.54) is 6.33 Å². The summed E-state index contributed by atoms with van der Waals surface area (Å²) in [5.74, 6) is 0.636. The number of nitrogens with zero attached hydrogens (tertiary/aromatic N) is 1. The maximum Gasteiger partial charge on any atom is 0.258 e. The fraction of sp³-hybridized carbons (Fsp3) is 0.0476. The summed E-state index contributed by atoms with van der Waals surface area (Å²) in [6, 6.07) is 20.7. The van der Waals surface area contributed by atoms with Gasteiger partial charge in [0.1, 0.15) is 23.6 Å². The summed E-state index contributed by atoms with van der Waals surface area (Å²) in [6.45, 7) is 0.430. The molecule has 0 fully saturated rings. The van der Waals surface area contributed by atoms with Crippen LogP contribution in [0.1, 0.15) is 5.56 Å². The Labute approximate surface area is 149 Å². The average Bonchev–Trinajstić information content (AvgIpc) is 2.68. The first-order chi connectivity index (χ1) is 12.7. The van der Waals surface area contributed by atoms with E-state index in [4.69, 9.17) is 4.74 Å². The fourth-order valence-electron chi connectivity index (χ4n) is 2.88. The van der Waals surface area contributed by atoms with Gasteiger partial charge in [-0.25, -0.2) is 4.98 Å². The zero-order valence-corrected chi connectivity index (χ0v) is 13.8. The lowest BCUT2D eigenvalue weighted by atomic mass is 10.0. The van der Waals surface area contributed by atoms with Crippen LogP contribution in [-0.4, -0.2) is 15.1 Å². The van der Waals surface area contributed by atoms with Crippen LogP contribution >= 0.6 is 0 Å². The second-order valence-electron chi connectivity index (χ2n) is 5.89. The molecule has 0 aliphatic rings. The third kappa shape index (κ3) is 3.02. The van der Waals surface area contributed by atoms with Crippen LogP contribution in [0.15, 0.2) is 77.9 Å². The van der Waals surface area contributed by atoms with Crippen molar-refractivity contribution in [1.82, 2.24) is 9.97 Å². The van der Waals surface area contributed by atoms with Gasteiger partial charge in [0, 0.05) is 5.56 Å². The molecule has 4 aromatic rings. The molecule has 0 atom stereocenters. The van der Waals surface area contributed by atoms with E-state index in [2.05, 4.69) is 9.97 Å². The number of benzene rings is 3. The molecule has 5 nitrogen and oxygen atoms in total. The normalized spacial score (nSPS) is 10.8. The van der Waals surface area contributed by atoms with E-state index in [1.54, 1.807) is 12.1 Å². The Hall–Kier alpha value is -3.60.